The summed E-state index contributed by atoms with van der Waals surface area (Å²) in [6.07, 6.45) is 1.01. The fourth-order valence-electron chi connectivity index (χ4n) is 2.25. The monoisotopic (exact) mass is 260 g/mol. The van der Waals surface area contributed by atoms with Gasteiger partial charge in [-0.1, -0.05) is 12.1 Å². The Morgan fingerprint density at radius 2 is 2.22 bits per heavy atom. The number of ether oxygens (including phenoxy) is 1. The van der Waals surface area contributed by atoms with Crippen LogP contribution in [-0.4, -0.2) is 18.1 Å². The number of para-hydroxylation sites is 1. The number of benzene rings is 1. The molecule has 4 heteroatoms. The van der Waals surface area contributed by atoms with Gasteiger partial charge in [-0.3, -0.25) is 0 Å². The van der Waals surface area contributed by atoms with Gasteiger partial charge in [0.05, 0.1) is 18.4 Å². The molecular weight excluding hydrogens is 244 g/mol. The van der Waals surface area contributed by atoms with Gasteiger partial charge in [0.25, 0.3) is 0 Å². The standard InChI is InChI=1S/C14H16N2OS/c1-9-7-11-13(8-15-9)18-14(16-11)10-5-3-4-6-12(10)17-2/h3-6,9,15H,7-8H2,1-2H3. The lowest BCUT2D eigenvalue weighted by molar-refractivity contribution is 0.416. The van der Waals surface area contributed by atoms with Crippen molar-refractivity contribution in [3.63, 3.8) is 0 Å². The lowest BCUT2D eigenvalue weighted by Crippen LogP contribution is -2.32. The highest BCUT2D eigenvalue weighted by Gasteiger charge is 2.20. The summed E-state index contributed by atoms with van der Waals surface area (Å²) in [7, 11) is 1.70. The first kappa shape index (κ1) is 11.7. The molecule has 94 valence electrons. The van der Waals surface area contributed by atoms with Crippen LogP contribution < -0.4 is 10.1 Å². The molecule has 0 saturated carbocycles. The number of hydrogen-bond donors (Lipinski definition) is 1. The van der Waals surface area contributed by atoms with Crippen LogP contribution in [0.1, 0.15) is 17.5 Å². The van der Waals surface area contributed by atoms with Gasteiger partial charge in [-0.2, -0.15) is 0 Å². The summed E-state index contributed by atoms with van der Waals surface area (Å²) in [4.78, 5) is 6.13. The summed E-state index contributed by atoms with van der Waals surface area (Å²) in [5.41, 5.74) is 2.33. The lowest BCUT2D eigenvalue weighted by atomic mass is 10.1. The molecule has 2 aromatic rings. The average molecular weight is 260 g/mol. The van der Waals surface area contributed by atoms with Gasteiger partial charge in [-0.25, -0.2) is 4.98 Å². The number of nitrogens with zero attached hydrogens (tertiary/aromatic N) is 1. The van der Waals surface area contributed by atoms with Crippen molar-refractivity contribution in [3.05, 3.63) is 34.8 Å². The average Bonchev–Trinajstić information content (AvgIpc) is 2.81. The Balaban J connectivity index is 2.02. The lowest BCUT2D eigenvalue weighted by Gasteiger charge is -2.18. The molecule has 0 saturated heterocycles. The van der Waals surface area contributed by atoms with Gasteiger partial charge in [-0.15, -0.1) is 11.3 Å². The minimum atomic E-state index is 0.519. The maximum atomic E-state index is 5.40. The van der Waals surface area contributed by atoms with E-state index in [9.17, 15) is 0 Å². The van der Waals surface area contributed by atoms with Crippen molar-refractivity contribution in [2.75, 3.05) is 7.11 Å². The smallest absolute Gasteiger partial charge is 0.129 e. The van der Waals surface area contributed by atoms with Gasteiger partial charge in [0.1, 0.15) is 10.8 Å². The molecule has 2 heterocycles. The molecule has 1 N–H and O–H groups in total. The molecule has 3 nitrogen and oxygen atoms in total. The van der Waals surface area contributed by atoms with Gasteiger partial charge in [0.15, 0.2) is 0 Å². The number of aromatic nitrogens is 1. The fraction of sp³-hybridized carbons (Fsp3) is 0.357. The molecule has 1 aliphatic rings. The van der Waals surface area contributed by atoms with Crippen LogP contribution >= 0.6 is 11.3 Å². The number of thiazole rings is 1. The summed E-state index contributed by atoms with van der Waals surface area (Å²) in [6, 6.07) is 8.58. The van der Waals surface area contributed by atoms with Crippen molar-refractivity contribution in [2.45, 2.75) is 25.9 Å². The van der Waals surface area contributed by atoms with E-state index in [0.717, 1.165) is 29.3 Å². The Morgan fingerprint density at radius 3 is 3.06 bits per heavy atom. The third-order valence-electron chi connectivity index (χ3n) is 3.23. The number of fused-ring (bicyclic) bond motifs is 1. The molecule has 0 spiro atoms. The molecule has 18 heavy (non-hydrogen) atoms. The van der Waals surface area contributed by atoms with Crippen molar-refractivity contribution in [2.24, 2.45) is 0 Å². The fourth-order valence-corrected chi connectivity index (χ4v) is 3.32. The molecule has 3 rings (SSSR count). The van der Waals surface area contributed by atoms with Crippen molar-refractivity contribution < 1.29 is 4.74 Å². The van der Waals surface area contributed by atoms with Gasteiger partial charge in [0.2, 0.25) is 0 Å². The second kappa shape index (κ2) is 4.71. The SMILES string of the molecule is COc1ccccc1-c1nc2c(s1)CNC(C)C2. The maximum absolute atomic E-state index is 5.40. The topological polar surface area (TPSA) is 34.1 Å². The molecule has 1 aliphatic heterocycles. The van der Waals surface area contributed by atoms with E-state index in [1.807, 2.05) is 18.2 Å². The van der Waals surface area contributed by atoms with Crippen LogP contribution in [0.3, 0.4) is 0 Å². The number of rotatable bonds is 2. The molecule has 1 aromatic heterocycles. The zero-order chi connectivity index (χ0) is 12.5. The third kappa shape index (κ3) is 2.02. The summed E-state index contributed by atoms with van der Waals surface area (Å²) in [5, 5.41) is 4.53. The molecular formula is C14H16N2OS. The van der Waals surface area contributed by atoms with E-state index < -0.39 is 0 Å². The summed E-state index contributed by atoms with van der Waals surface area (Å²) < 4.78 is 5.40. The highest BCUT2D eigenvalue weighted by atomic mass is 32.1. The zero-order valence-corrected chi connectivity index (χ0v) is 11.4. The highest BCUT2D eigenvalue weighted by Crippen LogP contribution is 2.35. The molecule has 1 atom stereocenters. The van der Waals surface area contributed by atoms with Crippen LogP contribution in [0.5, 0.6) is 5.75 Å². The predicted octanol–water partition coefficient (Wildman–Crippen LogP) is 2.85. The van der Waals surface area contributed by atoms with Crippen molar-refractivity contribution in [1.82, 2.24) is 10.3 Å². The Bertz CT molecular complexity index is 565. The van der Waals surface area contributed by atoms with E-state index in [4.69, 9.17) is 9.72 Å². The normalized spacial score (nSPS) is 18.4. The Morgan fingerprint density at radius 1 is 1.39 bits per heavy atom. The largest absolute Gasteiger partial charge is 0.496 e. The van der Waals surface area contributed by atoms with Crippen LogP contribution in [0.4, 0.5) is 0 Å². The van der Waals surface area contributed by atoms with E-state index in [0.29, 0.717) is 6.04 Å². The van der Waals surface area contributed by atoms with E-state index in [1.165, 1.54) is 10.6 Å². The minimum absolute atomic E-state index is 0.519. The number of hydrogen-bond acceptors (Lipinski definition) is 4. The maximum Gasteiger partial charge on any atom is 0.129 e. The molecule has 1 aromatic carbocycles. The van der Waals surface area contributed by atoms with Gasteiger partial charge < -0.3 is 10.1 Å². The predicted molar refractivity (Wildman–Crippen MR) is 74.1 cm³/mol. The first-order valence-corrected chi connectivity index (χ1v) is 6.95. The summed E-state index contributed by atoms with van der Waals surface area (Å²) in [5.74, 6) is 0.893. The van der Waals surface area contributed by atoms with E-state index in [-0.39, 0.29) is 0 Å². The van der Waals surface area contributed by atoms with Crippen molar-refractivity contribution in [1.29, 1.82) is 0 Å². The second-order valence-electron chi connectivity index (χ2n) is 4.58. The van der Waals surface area contributed by atoms with Crippen LogP contribution in [0.15, 0.2) is 24.3 Å². The molecule has 1 unspecified atom stereocenters. The van der Waals surface area contributed by atoms with Crippen LogP contribution in [0, 0.1) is 0 Å². The molecule has 0 bridgehead atoms. The van der Waals surface area contributed by atoms with E-state index in [2.05, 4.69) is 18.3 Å². The first-order chi connectivity index (χ1) is 8.78. The summed E-state index contributed by atoms with van der Waals surface area (Å²) >= 11 is 1.77. The van der Waals surface area contributed by atoms with Crippen molar-refractivity contribution in [3.8, 4) is 16.3 Å². The minimum Gasteiger partial charge on any atom is -0.496 e. The van der Waals surface area contributed by atoms with Crippen LogP contribution in [0.25, 0.3) is 10.6 Å². The highest BCUT2D eigenvalue weighted by molar-refractivity contribution is 7.15. The van der Waals surface area contributed by atoms with Crippen molar-refractivity contribution >= 4 is 11.3 Å². The molecule has 0 aliphatic carbocycles. The van der Waals surface area contributed by atoms with Gasteiger partial charge >= 0.3 is 0 Å². The Kier molecular flexibility index (Phi) is 3.06. The zero-order valence-electron chi connectivity index (χ0n) is 10.6. The van der Waals surface area contributed by atoms with Crippen LogP contribution in [0.2, 0.25) is 0 Å². The number of nitrogens with one attached hydrogen (secondary N) is 1. The third-order valence-corrected chi connectivity index (χ3v) is 4.36. The second-order valence-corrected chi connectivity index (χ2v) is 5.66. The first-order valence-electron chi connectivity index (χ1n) is 6.13. The van der Waals surface area contributed by atoms with Crippen LogP contribution in [-0.2, 0) is 13.0 Å². The van der Waals surface area contributed by atoms with Gasteiger partial charge in [0, 0.05) is 23.9 Å². The Hall–Kier alpha value is -1.39. The molecule has 0 radical (unpaired) electrons. The molecule has 0 fully saturated rings. The Labute approximate surface area is 111 Å². The molecule has 0 amide bonds. The van der Waals surface area contributed by atoms with Gasteiger partial charge in [-0.05, 0) is 19.1 Å². The quantitative estimate of drug-likeness (QED) is 0.901. The summed E-state index contributed by atoms with van der Waals surface area (Å²) in [6.45, 7) is 3.13. The van der Waals surface area contributed by atoms with E-state index >= 15 is 0 Å². The van der Waals surface area contributed by atoms with E-state index in [1.54, 1.807) is 18.4 Å². The number of methoxy groups -OCH3 is 1.